The van der Waals surface area contributed by atoms with Crippen LogP contribution in [-0.2, 0) is 6.54 Å². The van der Waals surface area contributed by atoms with Crippen molar-refractivity contribution in [3.05, 3.63) is 42.0 Å². The van der Waals surface area contributed by atoms with Gasteiger partial charge in [0.2, 0.25) is 0 Å². The van der Waals surface area contributed by atoms with Crippen LogP contribution in [0.25, 0.3) is 0 Å². The summed E-state index contributed by atoms with van der Waals surface area (Å²) in [5, 5.41) is 2.09. The van der Waals surface area contributed by atoms with Crippen LogP contribution in [-0.4, -0.2) is 12.0 Å². The zero-order valence-corrected chi connectivity index (χ0v) is 14.5. The molecule has 0 fully saturated rings. The first kappa shape index (κ1) is 13.5. The molecule has 0 aliphatic rings. The lowest BCUT2D eigenvalue weighted by Gasteiger charge is -2.18. The zero-order chi connectivity index (χ0) is 12.4. The van der Waals surface area contributed by atoms with Crippen LogP contribution in [0.3, 0.4) is 0 Å². The summed E-state index contributed by atoms with van der Waals surface area (Å²) in [6.45, 7) is 0.851. The van der Waals surface area contributed by atoms with Crippen molar-refractivity contribution >= 4 is 64.9 Å². The Hall–Kier alpha value is 0.0900. The minimum Gasteiger partial charge on any atom is -0.354 e. The van der Waals surface area contributed by atoms with Crippen molar-refractivity contribution < 1.29 is 0 Å². The Morgan fingerprint density at radius 3 is 2.59 bits per heavy atom. The molecule has 0 aromatic carbocycles. The first-order valence-electron chi connectivity index (χ1n) is 4.81. The first-order chi connectivity index (χ1) is 8.06. The van der Waals surface area contributed by atoms with Crippen molar-refractivity contribution in [2.24, 2.45) is 0 Å². The van der Waals surface area contributed by atoms with Gasteiger partial charge in [-0.25, -0.2) is 4.98 Å². The smallest absolute Gasteiger partial charge is 0.143 e. The lowest BCUT2D eigenvalue weighted by molar-refractivity contribution is 0.907. The molecule has 0 N–H and O–H groups in total. The van der Waals surface area contributed by atoms with E-state index in [-0.39, 0.29) is 0 Å². The Morgan fingerprint density at radius 2 is 2.00 bits per heavy atom. The molecule has 17 heavy (non-hydrogen) atoms. The molecule has 0 atom stereocenters. The van der Waals surface area contributed by atoms with Gasteiger partial charge in [-0.15, -0.1) is 11.3 Å². The average Bonchev–Trinajstić information content (AvgIpc) is 2.63. The van der Waals surface area contributed by atoms with E-state index in [1.54, 1.807) is 17.5 Å². The Bertz CT molecular complexity index is 527. The maximum atomic E-state index is 4.41. The van der Waals surface area contributed by atoms with Crippen LogP contribution < -0.4 is 4.90 Å². The number of thiophene rings is 1. The Balaban J connectivity index is 2.17. The number of hydrogen-bond acceptors (Lipinski definition) is 3. The van der Waals surface area contributed by atoms with Crippen molar-refractivity contribution in [1.29, 1.82) is 0 Å². The van der Waals surface area contributed by atoms with Gasteiger partial charge in [0, 0.05) is 32.4 Å². The lowest BCUT2D eigenvalue weighted by Crippen LogP contribution is -2.17. The quantitative estimate of drug-likeness (QED) is 0.662. The molecule has 0 saturated heterocycles. The Kier molecular flexibility index (Phi) is 4.63. The molecule has 0 amide bonds. The molecule has 6 heteroatoms. The van der Waals surface area contributed by atoms with Crippen LogP contribution >= 0.6 is 59.1 Å². The number of hydrogen-bond donors (Lipinski definition) is 0. The van der Waals surface area contributed by atoms with Gasteiger partial charge in [-0.05, 0) is 59.9 Å². The van der Waals surface area contributed by atoms with Crippen molar-refractivity contribution in [2.75, 3.05) is 11.9 Å². The molecule has 0 aliphatic heterocycles. The van der Waals surface area contributed by atoms with Gasteiger partial charge < -0.3 is 4.90 Å². The molecule has 2 rings (SSSR count). The largest absolute Gasteiger partial charge is 0.354 e. The Labute approximate surface area is 129 Å². The summed E-state index contributed by atoms with van der Waals surface area (Å²) >= 11 is 12.1. The maximum absolute atomic E-state index is 4.41. The van der Waals surface area contributed by atoms with Gasteiger partial charge in [0.1, 0.15) is 5.82 Å². The van der Waals surface area contributed by atoms with E-state index in [4.69, 9.17) is 0 Å². The third-order valence-electron chi connectivity index (χ3n) is 2.16. The van der Waals surface area contributed by atoms with E-state index in [9.17, 15) is 0 Å². The first-order valence-corrected chi connectivity index (χ1v) is 8.07. The molecule has 90 valence electrons. The second kappa shape index (κ2) is 5.82. The molecule has 0 aliphatic carbocycles. The number of rotatable bonds is 3. The van der Waals surface area contributed by atoms with E-state index >= 15 is 0 Å². The summed E-state index contributed by atoms with van der Waals surface area (Å²) in [5.74, 6) is 0.942. The van der Waals surface area contributed by atoms with Crippen LogP contribution in [0.5, 0.6) is 0 Å². The molecule has 0 spiro atoms. The van der Waals surface area contributed by atoms with Crippen molar-refractivity contribution in [3.8, 4) is 0 Å². The van der Waals surface area contributed by atoms with Gasteiger partial charge in [-0.3, -0.25) is 0 Å². The van der Waals surface area contributed by atoms with E-state index in [0.717, 1.165) is 25.8 Å². The van der Waals surface area contributed by atoms with Gasteiger partial charge in [0.15, 0.2) is 0 Å². The maximum Gasteiger partial charge on any atom is 0.143 e. The third kappa shape index (κ3) is 3.53. The zero-order valence-electron chi connectivity index (χ0n) is 8.95. The predicted molar refractivity (Wildman–Crippen MR) is 83.8 cm³/mol. The minimum absolute atomic E-state index is 0.851. The summed E-state index contributed by atoms with van der Waals surface area (Å²) in [6, 6.07) is 4.14. The highest BCUT2D eigenvalue weighted by molar-refractivity contribution is 9.11. The van der Waals surface area contributed by atoms with E-state index in [0.29, 0.717) is 0 Å². The van der Waals surface area contributed by atoms with Crippen LogP contribution in [0.2, 0.25) is 0 Å². The average molecular weight is 441 g/mol. The van der Waals surface area contributed by atoms with Gasteiger partial charge >= 0.3 is 0 Å². The monoisotopic (exact) mass is 438 g/mol. The fourth-order valence-electron chi connectivity index (χ4n) is 1.43. The SMILES string of the molecule is CN(Cc1cc(Br)cs1)c1ncc(Br)cc1Br. The summed E-state index contributed by atoms with van der Waals surface area (Å²) in [6.07, 6.45) is 1.81. The highest BCUT2D eigenvalue weighted by Gasteiger charge is 2.09. The number of aromatic nitrogens is 1. The molecule has 0 radical (unpaired) electrons. The lowest BCUT2D eigenvalue weighted by atomic mass is 10.4. The van der Waals surface area contributed by atoms with Gasteiger partial charge in [0.05, 0.1) is 11.0 Å². The molecule has 2 nitrogen and oxygen atoms in total. The van der Waals surface area contributed by atoms with E-state index in [1.807, 2.05) is 13.1 Å². The summed E-state index contributed by atoms with van der Waals surface area (Å²) in [4.78, 5) is 7.83. The Morgan fingerprint density at radius 1 is 1.24 bits per heavy atom. The molecule has 2 heterocycles. The molecule has 2 aromatic rings. The number of anilines is 1. The van der Waals surface area contributed by atoms with Gasteiger partial charge in [0.25, 0.3) is 0 Å². The molecule has 0 saturated carbocycles. The van der Waals surface area contributed by atoms with E-state index in [2.05, 4.69) is 69.1 Å². The number of nitrogens with zero attached hydrogens (tertiary/aromatic N) is 2. The second-order valence-electron chi connectivity index (χ2n) is 3.55. The standard InChI is InChI=1S/C11H9Br3N2S/c1-16(5-9-2-8(13)6-17-9)11-10(14)3-7(12)4-15-11/h2-4,6H,5H2,1H3. The van der Waals surface area contributed by atoms with E-state index < -0.39 is 0 Å². The summed E-state index contributed by atoms with van der Waals surface area (Å²) < 4.78 is 3.10. The highest BCUT2D eigenvalue weighted by Crippen LogP contribution is 2.28. The fraction of sp³-hybridized carbons (Fsp3) is 0.182. The van der Waals surface area contributed by atoms with Crippen molar-refractivity contribution in [3.63, 3.8) is 0 Å². The summed E-state index contributed by atoms with van der Waals surface area (Å²) in [7, 11) is 2.04. The summed E-state index contributed by atoms with van der Waals surface area (Å²) in [5.41, 5.74) is 0. The molecular formula is C11H9Br3N2S. The van der Waals surface area contributed by atoms with Crippen LogP contribution in [0.4, 0.5) is 5.82 Å². The van der Waals surface area contributed by atoms with Crippen LogP contribution in [0, 0.1) is 0 Å². The van der Waals surface area contributed by atoms with Gasteiger partial charge in [-0.2, -0.15) is 0 Å². The number of halogens is 3. The normalized spacial score (nSPS) is 10.6. The molecule has 2 aromatic heterocycles. The van der Waals surface area contributed by atoms with Crippen molar-refractivity contribution in [1.82, 2.24) is 4.98 Å². The van der Waals surface area contributed by atoms with Gasteiger partial charge in [-0.1, -0.05) is 0 Å². The fourth-order valence-corrected chi connectivity index (χ4v) is 4.23. The van der Waals surface area contributed by atoms with Crippen molar-refractivity contribution in [2.45, 2.75) is 6.54 Å². The third-order valence-corrected chi connectivity index (χ3v) is 4.86. The molecular weight excluding hydrogens is 432 g/mol. The molecule has 0 bridgehead atoms. The minimum atomic E-state index is 0.851. The highest BCUT2D eigenvalue weighted by atomic mass is 79.9. The second-order valence-corrected chi connectivity index (χ2v) is 7.23. The van der Waals surface area contributed by atoms with E-state index in [1.165, 1.54) is 4.88 Å². The molecule has 0 unspecified atom stereocenters. The topological polar surface area (TPSA) is 16.1 Å². The van der Waals surface area contributed by atoms with Crippen LogP contribution in [0.15, 0.2) is 37.1 Å². The predicted octanol–water partition coefficient (Wildman–Crippen LogP) is 5.07. The van der Waals surface area contributed by atoms with Crippen LogP contribution in [0.1, 0.15) is 4.88 Å². The number of pyridine rings is 1.